The summed E-state index contributed by atoms with van der Waals surface area (Å²) >= 11 is 0. The second kappa shape index (κ2) is 4.29. The first-order chi connectivity index (χ1) is 7.65. The minimum absolute atomic E-state index is 0.119. The summed E-state index contributed by atoms with van der Waals surface area (Å²) in [4.78, 5) is 4.26. The van der Waals surface area contributed by atoms with E-state index >= 15 is 0 Å². The van der Waals surface area contributed by atoms with Crippen molar-refractivity contribution in [3.8, 4) is 5.75 Å². The smallest absolute Gasteiger partial charge is 0.169 e. The summed E-state index contributed by atoms with van der Waals surface area (Å²) in [6.07, 6.45) is 3.82. The van der Waals surface area contributed by atoms with Crippen molar-refractivity contribution in [1.82, 2.24) is 4.98 Å². The minimum atomic E-state index is -0.163. The zero-order chi connectivity index (χ0) is 11.6. The van der Waals surface area contributed by atoms with Crippen LogP contribution in [-0.2, 0) is 0 Å². The highest BCUT2D eigenvalue weighted by atomic mass is 16.5. The largest absolute Gasteiger partial charge is 0.487 e. The predicted octanol–water partition coefficient (Wildman–Crippen LogP) is 1.81. The number of nitrogens with zero attached hydrogens (tertiary/aromatic N) is 1. The van der Waals surface area contributed by atoms with E-state index in [-0.39, 0.29) is 18.2 Å². The number of nitrogens with one attached hydrogen (secondary N) is 1. The van der Waals surface area contributed by atoms with Crippen LogP contribution < -0.4 is 10.1 Å². The quantitative estimate of drug-likeness (QED) is 0.797. The van der Waals surface area contributed by atoms with Crippen LogP contribution >= 0.6 is 0 Å². The van der Waals surface area contributed by atoms with Crippen molar-refractivity contribution in [2.75, 3.05) is 11.9 Å². The molecule has 16 heavy (non-hydrogen) atoms. The summed E-state index contributed by atoms with van der Waals surface area (Å²) in [5.41, 5.74) is -0.163. The van der Waals surface area contributed by atoms with Gasteiger partial charge in [0.1, 0.15) is 0 Å². The summed E-state index contributed by atoms with van der Waals surface area (Å²) in [7, 11) is 0. The standard InChI is InChI=1S/C12H18N2O2/c1-9(2)16-10-4-3-7-13-11(10)14-12(8-15)5-6-12/h3-4,7,9,15H,5-6,8H2,1-2H3,(H,13,14). The van der Waals surface area contributed by atoms with E-state index in [9.17, 15) is 5.11 Å². The maximum atomic E-state index is 9.26. The molecule has 0 unspecified atom stereocenters. The molecule has 0 atom stereocenters. The molecule has 0 amide bonds. The Balaban J connectivity index is 2.13. The van der Waals surface area contributed by atoms with E-state index in [0.717, 1.165) is 24.4 Å². The van der Waals surface area contributed by atoms with E-state index in [1.54, 1.807) is 6.20 Å². The van der Waals surface area contributed by atoms with Gasteiger partial charge in [0.25, 0.3) is 0 Å². The number of hydrogen-bond donors (Lipinski definition) is 2. The molecule has 0 aromatic carbocycles. The molecule has 0 radical (unpaired) electrons. The van der Waals surface area contributed by atoms with Gasteiger partial charge in [0.05, 0.1) is 18.2 Å². The Kier molecular flexibility index (Phi) is 3.01. The van der Waals surface area contributed by atoms with E-state index in [0.29, 0.717) is 0 Å². The first-order valence-electron chi connectivity index (χ1n) is 5.66. The van der Waals surface area contributed by atoms with Crippen LogP contribution in [0.4, 0.5) is 5.82 Å². The fourth-order valence-electron chi connectivity index (χ4n) is 1.56. The average molecular weight is 222 g/mol. The van der Waals surface area contributed by atoms with Crippen LogP contribution in [0.1, 0.15) is 26.7 Å². The van der Waals surface area contributed by atoms with Gasteiger partial charge in [-0.1, -0.05) is 0 Å². The molecule has 1 fully saturated rings. The van der Waals surface area contributed by atoms with Gasteiger partial charge in [-0.05, 0) is 38.8 Å². The maximum absolute atomic E-state index is 9.26. The van der Waals surface area contributed by atoms with Gasteiger partial charge in [-0.15, -0.1) is 0 Å². The predicted molar refractivity (Wildman–Crippen MR) is 62.7 cm³/mol. The monoisotopic (exact) mass is 222 g/mol. The second-order valence-electron chi connectivity index (χ2n) is 4.58. The molecule has 1 aromatic rings. The third kappa shape index (κ3) is 2.44. The fraction of sp³-hybridized carbons (Fsp3) is 0.583. The lowest BCUT2D eigenvalue weighted by molar-refractivity contribution is 0.241. The van der Waals surface area contributed by atoms with E-state index in [1.165, 1.54) is 0 Å². The lowest BCUT2D eigenvalue weighted by Gasteiger charge is -2.19. The molecule has 0 spiro atoms. The highest BCUT2D eigenvalue weighted by Crippen LogP contribution is 2.39. The van der Waals surface area contributed by atoms with Crippen molar-refractivity contribution in [3.05, 3.63) is 18.3 Å². The molecule has 1 aliphatic carbocycles. The molecule has 0 bridgehead atoms. The van der Waals surface area contributed by atoms with Gasteiger partial charge in [0.2, 0.25) is 0 Å². The van der Waals surface area contributed by atoms with Gasteiger partial charge in [0.15, 0.2) is 11.6 Å². The molecule has 4 nitrogen and oxygen atoms in total. The zero-order valence-electron chi connectivity index (χ0n) is 9.73. The lowest BCUT2D eigenvalue weighted by atomic mass is 10.3. The molecule has 4 heteroatoms. The summed E-state index contributed by atoms with van der Waals surface area (Å²) in [6, 6.07) is 3.74. The summed E-state index contributed by atoms with van der Waals surface area (Å²) in [5, 5.41) is 12.5. The van der Waals surface area contributed by atoms with Gasteiger partial charge in [-0.2, -0.15) is 0 Å². The number of aliphatic hydroxyl groups excluding tert-OH is 1. The van der Waals surface area contributed by atoms with Crippen molar-refractivity contribution in [3.63, 3.8) is 0 Å². The van der Waals surface area contributed by atoms with Gasteiger partial charge < -0.3 is 15.2 Å². The van der Waals surface area contributed by atoms with Crippen molar-refractivity contribution in [2.45, 2.75) is 38.3 Å². The van der Waals surface area contributed by atoms with Crippen LogP contribution in [0, 0.1) is 0 Å². The van der Waals surface area contributed by atoms with E-state index in [4.69, 9.17) is 4.74 Å². The van der Waals surface area contributed by atoms with Crippen LogP contribution in [-0.4, -0.2) is 28.3 Å². The highest BCUT2D eigenvalue weighted by molar-refractivity contribution is 5.52. The maximum Gasteiger partial charge on any atom is 0.169 e. The fourth-order valence-corrected chi connectivity index (χ4v) is 1.56. The Morgan fingerprint density at radius 3 is 2.88 bits per heavy atom. The second-order valence-corrected chi connectivity index (χ2v) is 4.58. The molecule has 1 saturated carbocycles. The average Bonchev–Trinajstić information content (AvgIpc) is 3.01. The Bertz CT molecular complexity index is 362. The van der Waals surface area contributed by atoms with Crippen LogP contribution in [0.2, 0.25) is 0 Å². The van der Waals surface area contributed by atoms with Gasteiger partial charge in [-0.25, -0.2) is 4.98 Å². The molecule has 0 saturated heterocycles. The number of anilines is 1. The molecule has 0 aliphatic heterocycles. The van der Waals surface area contributed by atoms with Crippen LogP contribution in [0.5, 0.6) is 5.75 Å². The van der Waals surface area contributed by atoms with Gasteiger partial charge >= 0.3 is 0 Å². The molecule has 1 heterocycles. The zero-order valence-corrected chi connectivity index (χ0v) is 9.73. The SMILES string of the molecule is CC(C)Oc1cccnc1NC1(CO)CC1. The van der Waals surface area contributed by atoms with Gasteiger partial charge in [-0.3, -0.25) is 0 Å². The Morgan fingerprint density at radius 1 is 1.56 bits per heavy atom. The number of ether oxygens (including phenoxy) is 1. The normalized spacial score (nSPS) is 17.2. The Labute approximate surface area is 95.7 Å². The van der Waals surface area contributed by atoms with E-state index in [1.807, 2.05) is 26.0 Å². The van der Waals surface area contributed by atoms with Crippen molar-refractivity contribution >= 4 is 5.82 Å². The number of aliphatic hydroxyl groups is 1. The summed E-state index contributed by atoms with van der Waals surface area (Å²) in [5.74, 6) is 1.47. The number of rotatable bonds is 5. The third-order valence-electron chi connectivity index (χ3n) is 2.67. The number of hydrogen-bond acceptors (Lipinski definition) is 4. The Morgan fingerprint density at radius 2 is 2.31 bits per heavy atom. The number of pyridine rings is 1. The lowest BCUT2D eigenvalue weighted by Crippen LogP contribution is -2.26. The Hall–Kier alpha value is -1.29. The van der Waals surface area contributed by atoms with E-state index < -0.39 is 0 Å². The first kappa shape index (κ1) is 11.2. The van der Waals surface area contributed by atoms with Crippen LogP contribution in [0.3, 0.4) is 0 Å². The highest BCUT2D eigenvalue weighted by Gasteiger charge is 2.42. The molecular formula is C12H18N2O2. The van der Waals surface area contributed by atoms with Crippen molar-refractivity contribution in [1.29, 1.82) is 0 Å². The first-order valence-corrected chi connectivity index (χ1v) is 5.66. The van der Waals surface area contributed by atoms with Crippen LogP contribution in [0.25, 0.3) is 0 Å². The molecule has 88 valence electrons. The van der Waals surface area contributed by atoms with Crippen molar-refractivity contribution < 1.29 is 9.84 Å². The van der Waals surface area contributed by atoms with E-state index in [2.05, 4.69) is 10.3 Å². The molecule has 1 aliphatic rings. The third-order valence-corrected chi connectivity index (χ3v) is 2.67. The molecule has 2 rings (SSSR count). The molecular weight excluding hydrogens is 204 g/mol. The molecule has 2 N–H and O–H groups in total. The van der Waals surface area contributed by atoms with Crippen molar-refractivity contribution in [2.24, 2.45) is 0 Å². The summed E-state index contributed by atoms with van der Waals surface area (Å²) < 4.78 is 5.66. The number of aromatic nitrogens is 1. The molecule has 1 aromatic heterocycles. The van der Waals surface area contributed by atoms with Crippen LogP contribution in [0.15, 0.2) is 18.3 Å². The minimum Gasteiger partial charge on any atom is -0.487 e. The summed E-state index contributed by atoms with van der Waals surface area (Å²) in [6.45, 7) is 4.11. The van der Waals surface area contributed by atoms with Gasteiger partial charge in [0, 0.05) is 6.20 Å². The topological polar surface area (TPSA) is 54.4 Å².